The molecule has 0 aromatic heterocycles. The Morgan fingerprint density at radius 2 is 2.40 bits per heavy atom. The van der Waals surface area contributed by atoms with Crippen LogP contribution in [0.1, 0.15) is 6.42 Å². The quantitative estimate of drug-likeness (QED) is 0.692. The molecule has 2 nitrogen and oxygen atoms in total. The van der Waals surface area contributed by atoms with Gasteiger partial charge < -0.3 is 5.11 Å². The minimum absolute atomic E-state index is 0.331. The molecule has 0 bridgehead atoms. The Hall–Kier alpha value is 0.170. The normalized spacial score (nSPS) is 26.2. The van der Waals surface area contributed by atoms with Crippen LogP contribution >= 0.6 is 23.5 Å². The van der Waals surface area contributed by atoms with E-state index >= 15 is 0 Å². The van der Waals surface area contributed by atoms with Gasteiger partial charge in [-0.15, -0.1) is 0 Å². The number of thioether (sulfide) groups is 2. The number of carboxylic acids is 1. The number of carbonyl (C=O) groups is 1. The first-order valence-corrected chi connectivity index (χ1v) is 5.40. The van der Waals surface area contributed by atoms with Crippen molar-refractivity contribution in [3.63, 3.8) is 0 Å². The van der Waals surface area contributed by atoms with Crippen molar-refractivity contribution < 1.29 is 9.90 Å². The summed E-state index contributed by atoms with van der Waals surface area (Å²) in [5.74, 6) is 2.64. The number of aliphatic carboxylic acids is 1. The number of rotatable bonds is 2. The van der Waals surface area contributed by atoms with Gasteiger partial charge in [0.15, 0.2) is 0 Å². The van der Waals surface area contributed by atoms with Crippen molar-refractivity contribution in [1.29, 1.82) is 0 Å². The van der Waals surface area contributed by atoms with E-state index in [1.54, 1.807) is 11.8 Å². The second-order valence-corrected chi connectivity index (χ2v) is 4.72. The summed E-state index contributed by atoms with van der Waals surface area (Å²) < 4.78 is 0. The summed E-state index contributed by atoms with van der Waals surface area (Å²) in [6.45, 7) is 0. The molecule has 1 fully saturated rings. The highest BCUT2D eigenvalue weighted by atomic mass is 32.2. The van der Waals surface area contributed by atoms with Gasteiger partial charge in [0, 0.05) is 22.5 Å². The SMILES string of the molecule is O=C(O)CC1CSCCS1. The summed E-state index contributed by atoms with van der Waals surface area (Å²) in [6.07, 6.45) is 0.331. The van der Waals surface area contributed by atoms with Gasteiger partial charge >= 0.3 is 5.97 Å². The third-order valence-corrected chi connectivity index (χ3v) is 4.13. The summed E-state index contributed by atoms with van der Waals surface area (Å²) in [4.78, 5) is 10.2. The zero-order chi connectivity index (χ0) is 7.40. The Morgan fingerprint density at radius 1 is 1.60 bits per heavy atom. The van der Waals surface area contributed by atoms with Crippen LogP contribution in [0.2, 0.25) is 0 Å². The summed E-state index contributed by atoms with van der Waals surface area (Å²) in [7, 11) is 0. The summed E-state index contributed by atoms with van der Waals surface area (Å²) in [5.41, 5.74) is 0. The van der Waals surface area contributed by atoms with Gasteiger partial charge in [-0.05, 0) is 0 Å². The molecule has 1 N–H and O–H groups in total. The van der Waals surface area contributed by atoms with Crippen LogP contribution in [0, 0.1) is 0 Å². The average molecular weight is 178 g/mol. The highest BCUT2D eigenvalue weighted by Gasteiger charge is 2.16. The molecule has 0 aromatic carbocycles. The fraction of sp³-hybridized carbons (Fsp3) is 0.833. The highest BCUT2D eigenvalue weighted by Crippen LogP contribution is 2.25. The van der Waals surface area contributed by atoms with Gasteiger partial charge in [0.2, 0.25) is 0 Å². The lowest BCUT2D eigenvalue weighted by Crippen LogP contribution is -2.17. The summed E-state index contributed by atoms with van der Waals surface area (Å²) >= 11 is 3.65. The molecular formula is C6H10O2S2. The van der Waals surface area contributed by atoms with Crippen LogP contribution in [0.5, 0.6) is 0 Å². The van der Waals surface area contributed by atoms with E-state index in [4.69, 9.17) is 5.11 Å². The monoisotopic (exact) mass is 178 g/mol. The van der Waals surface area contributed by atoms with E-state index < -0.39 is 5.97 Å². The van der Waals surface area contributed by atoms with Crippen molar-refractivity contribution in [2.45, 2.75) is 11.7 Å². The third-order valence-electron chi connectivity index (χ3n) is 1.29. The molecule has 1 aliphatic heterocycles. The maximum atomic E-state index is 10.2. The molecule has 1 unspecified atom stereocenters. The Kier molecular flexibility index (Phi) is 3.42. The first kappa shape index (κ1) is 8.27. The van der Waals surface area contributed by atoms with E-state index in [0.717, 1.165) is 11.5 Å². The molecule has 1 heterocycles. The lowest BCUT2D eigenvalue weighted by Gasteiger charge is -2.18. The zero-order valence-corrected chi connectivity index (χ0v) is 7.21. The minimum Gasteiger partial charge on any atom is -0.481 e. The lowest BCUT2D eigenvalue weighted by molar-refractivity contribution is -0.136. The predicted octanol–water partition coefficient (Wildman–Crippen LogP) is 1.31. The molecule has 0 aliphatic carbocycles. The second kappa shape index (κ2) is 4.13. The molecule has 4 heteroatoms. The van der Waals surface area contributed by atoms with E-state index in [1.165, 1.54) is 5.75 Å². The Balaban J connectivity index is 2.19. The van der Waals surface area contributed by atoms with E-state index in [1.807, 2.05) is 11.8 Å². The lowest BCUT2D eigenvalue weighted by atomic mass is 10.3. The third kappa shape index (κ3) is 2.84. The smallest absolute Gasteiger partial charge is 0.304 e. The van der Waals surface area contributed by atoms with Gasteiger partial charge in [-0.1, -0.05) is 0 Å². The second-order valence-electron chi connectivity index (χ2n) is 2.17. The van der Waals surface area contributed by atoms with Gasteiger partial charge in [0.25, 0.3) is 0 Å². The van der Waals surface area contributed by atoms with E-state index in [0.29, 0.717) is 11.7 Å². The van der Waals surface area contributed by atoms with Crippen molar-refractivity contribution in [2.24, 2.45) is 0 Å². The Bertz CT molecular complexity index is 121. The van der Waals surface area contributed by atoms with Crippen molar-refractivity contribution in [3.8, 4) is 0 Å². The average Bonchev–Trinajstić information content (AvgIpc) is 1.88. The first-order valence-electron chi connectivity index (χ1n) is 3.20. The molecule has 1 rings (SSSR count). The van der Waals surface area contributed by atoms with Gasteiger partial charge in [-0.25, -0.2) is 0 Å². The molecule has 0 spiro atoms. The Labute approximate surface area is 68.8 Å². The minimum atomic E-state index is -0.667. The zero-order valence-electron chi connectivity index (χ0n) is 5.58. The van der Waals surface area contributed by atoms with E-state index in [2.05, 4.69) is 0 Å². The van der Waals surface area contributed by atoms with Crippen LogP contribution in [-0.2, 0) is 4.79 Å². The van der Waals surface area contributed by atoms with Gasteiger partial charge in [0.05, 0.1) is 6.42 Å². The van der Waals surface area contributed by atoms with E-state index in [9.17, 15) is 4.79 Å². The van der Waals surface area contributed by atoms with Crippen LogP contribution in [0.15, 0.2) is 0 Å². The van der Waals surface area contributed by atoms with Crippen molar-refractivity contribution in [3.05, 3.63) is 0 Å². The van der Waals surface area contributed by atoms with Gasteiger partial charge in [-0.2, -0.15) is 23.5 Å². The van der Waals surface area contributed by atoms with Crippen LogP contribution in [-0.4, -0.2) is 33.6 Å². The molecular weight excluding hydrogens is 168 g/mol. The van der Waals surface area contributed by atoms with Crippen LogP contribution in [0.25, 0.3) is 0 Å². The molecule has 1 atom stereocenters. The van der Waals surface area contributed by atoms with Crippen LogP contribution < -0.4 is 0 Å². The number of hydrogen-bond donors (Lipinski definition) is 1. The highest BCUT2D eigenvalue weighted by molar-refractivity contribution is 8.06. The largest absolute Gasteiger partial charge is 0.481 e. The molecule has 0 saturated carbocycles. The first-order chi connectivity index (χ1) is 4.79. The van der Waals surface area contributed by atoms with Gasteiger partial charge in [-0.3, -0.25) is 4.79 Å². The predicted molar refractivity (Wildman–Crippen MR) is 45.8 cm³/mol. The van der Waals surface area contributed by atoms with Crippen molar-refractivity contribution in [1.82, 2.24) is 0 Å². The van der Waals surface area contributed by atoms with Gasteiger partial charge in [0.1, 0.15) is 0 Å². The molecule has 0 aromatic rings. The van der Waals surface area contributed by atoms with Crippen LogP contribution in [0.4, 0.5) is 0 Å². The molecule has 0 radical (unpaired) electrons. The molecule has 0 amide bonds. The summed E-state index contributed by atoms with van der Waals surface area (Å²) in [6, 6.07) is 0. The maximum absolute atomic E-state index is 10.2. The number of carboxylic acid groups (broad SMARTS) is 1. The number of hydrogen-bond acceptors (Lipinski definition) is 3. The molecule has 1 saturated heterocycles. The molecule has 10 heavy (non-hydrogen) atoms. The van der Waals surface area contributed by atoms with Crippen molar-refractivity contribution >= 4 is 29.5 Å². The topological polar surface area (TPSA) is 37.3 Å². The fourth-order valence-corrected chi connectivity index (χ4v) is 3.52. The van der Waals surface area contributed by atoms with E-state index in [-0.39, 0.29) is 0 Å². The molecule has 1 aliphatic rings. The summed E-state index contributed by atoms with van der Waals surface area (Å²) in [5, 5.41) is 8.80. The van der Waals surface area contributed by atoms with Crippen molar-refractivity contribution in [2.75, 3.05) is 17.3 Å². The Morgan fingerprint density at radius 3 is 2.90 bits per heavy atom. The maximum Gasteiger partial charge on any atom is 0.304 e. The standard InChI is InChI=1S/C6H10O2S2/c7-6(8)3-5-4-9-1-2-10-5/h5H,1-4H2,(H,7,8). The van der Waals surface area contributed by atoms with Crippen LogP contribution in [0.3, 0.4) is 0 Å². The fourth-order valence-electron chi connectivity index (χ4n) is 0.849. The molecule has 58 valence electrons.